The summed E-state index contributed by atoms with van der Waals surface area (Å²) in [6, 6.07) is 5.57. The summed E-state index contributed by atoms with van der Waals surface area (Å²) in [7, 11) is 0. The van der Waals surface area contributed by atoms with Gasteiger partial charge in [0.05, 0.1) is 6.42 Å². The number of hydrogen-bond donors (Lipinski definition) is 2. The van der Waals surface area contributed by atoms with E-state index in [4.69, 9.17) is 5.11 Å². The summed E-state index contributed by atoms with van der Waals surface area (Å²) in [6.45, 7) is 1.93. The van der Waals surface area contributed by atoms with Crippen molar-refractivity contribution in [2.45, 2.75) is 18.2 Å². The number of carbonyl (C=O) groups is 1. The molecule has 12 heavy (non-hydrogen) atoms. The third-order valence-electron chi connectivity index (χ3n) is 1.58. The fourth-order valence-electron chi connectivity index (χ4n) is 1.02. The zero-order chi connectivity index (χ0) is 9.14. The first-order chi connectivity index (χ1) is 5.59. The van der Waals surface area contributed by atoms with Crippen molar-refractivity contribution in [2.75, 3.05) is 0 Å². The average molecular weight is 182 g/mol. The van der Waals surface area contributed by atoms with E-state index in [0.29, 0.717) is 0 Å². The lowest BCUT2D eigenvalue weighted by Crippen LogP contribution is -2.01. The smallest absolute Gasteiger partial charge is 0.307 e. The predicted octanol–water partition coefficient (Wildman–Crippen LogP) is 1.91. The van der Waals surface area contributed by atoms with Gasteiger partial charge in [-0.15, -0.1) is 12.6 Å². The molecule has 0 aromatic heterocycles. The molecule has 1 N–H and O–H groups in total. The Kier molecular flexibility index (Phi) is 2.76. The fourth-order valence-corrected chi connectivity index (χ4v) is 1.24. The zero-order valence-corrected chi connectivity index (χ0v) is 7.64. The standard InChI is InChI=1S/C9H10O2S/c1-6-2-3-8(12)7(4-6)5-9(10)11/h2-4,12H,5H2,1H3,(H,10,11). The third-order valence-corrected chi connectivity index (χ3v) is 2.01. The van der Waals surface area contributed by atoms with Gasteiger partial charge in [-0.2, -0.15) is 0 Å². The SMILES string of the molecule is Cc1ccc(S)c(CC(=O)O)c1. The molecule has 0 fully saturated rings. The first-order valence-corrected chi connectivity index (χ1v) is 4.04. The molecule has 0 amide bonds. The molecule has 0 saturated carbocycles. The molecule has 0 radical (unpaired) electrons. The van der Waals surface area contributed by atoms with Crippen molar-refractivity contribution in [3.8, 4) is 0 Å². The van der Waals surface area contributed by atoms with E-state index < -0.39 is 5.97 Å². The number of hydrogen-bond acceptors (Lipinski definition) is 2. The molecule has 0 unspecified atom stereocenters. The second kappa shape index (κ2) is 3.63. The van der Waals surface area contributed by atoms with Crippen LogP contribution in [0.4, 0.5) is 0 Å². The van der Waals surface area contributed by atoms with Gasteiger partial charge in [-0.05, 0) is 18.6 Å². The molecule has 0 heterocycles. The van der Waals surface area contributed by atoms with Crippen LogP contribution < -0.4 is 0 Å². The highest BCUT2D eigenvalue weighted by atomic mass is 32.1. The highest BCUT2D eigenvalue weighted by Gasteiger charge is 2.03. The summed E-state index contributed by atoms with van der Waals surface area (Å²) in [5, 5.41) is 8.55. The Morgan fingerprint density at radius 1 is 1.58 bits per heavy atom. The van der Waals surface area contributed by atoms with Gasteiger partial charge in [-0.25, -0.2) is 0 Å². The molecule has 1 aromatic carbocycles. The Hall–Kier alpha value is -0.960. The van der Waals surface area contributed by atoms with Crippen molar-refractivity contribution in [3.63, 3.8) is 0 Å². The van der Waals surface area contributed by atoms with E-state index in [2.05, 4.69) is 12.6 Å². The van der Waals surface area contributed by atoms with E-state index in [1.165, 1.54) is 0 Å². The molecule has 0 aliphatic carbocycles. The minimum Gasteiger partial charge on any atom is -0.481 e. The number of rotatable bonds is 2. The van der Waals surface area contributed by atoms with Crippen molar-refractivity contribution in [2.24, 2.45) is 0 Å². The third kappa shape index (κ3) is 2.27. The topological polar surface area (TPSA) is 37.3 Å². The van der Waals surface area contributed by atoms with Gasteiger partial charge >= 0.3 is 5.97 Å². The Morgan fingerprint density at radius 2 is 2.25 bits per heavy atom. The van der Waals surface area contributed by atoms with Gasteiger partial charge in [0.1, 0.15) is 0 Å². The Bertz CT molecular complexity index is 307. The summed E-state index contributed by atoms with van der Waals surface area (Å²) < 4.78 is 0. The van der Waals surface area contributed by atoms with Crippen LogP contribution in [0.3, 0.4) is 0 Å². The van der Waals surface area contributed by atoms with Crippen molar-refractivity contribution >= 4 is 18.6 Å². The summed E-state index contributed by atoms with van der Waals surface area (Å²) in [4.78, 5) is 11.1. The molecule has 0 bridgehead atoms. The monoisotopic (exact) mass is 182 g/mol. The molecule has 0 aliphatic heterocycles. The maximum Gasteiger partial charge on any atom is 0.307 e. The van der Waals surface area contributed by atoms with Gasteiger partial charge in [0.2, 0.25) is 0 Å². The molecule has 1 aromatic rings. The lowest BCUT2D eigenvalue weighted by atomic mass is 10.1. The molecular weight excluding hydrogens is 172 g/mol. The second-order valence-corrected chi connectivity index (χ2v) is 3.18. The largest absolute Gasteiger partial charge is 0.481 e. The van der Waals surface area contributed by atoms with Gasteiger partial charge in [-0.3, -0.25) is 4.79 Å². The lowest BCUT2D eigenvalue weighted by Gasteiger charge is -2.02. The molecule has 2 nitrogen and oxygen atoms in total. The van der Waals surface area contributed by atoms with Crippen molar-refractivity contribution in [1.29, 1.82) is 0 Å². The number of benzene rings is 1. The lowest BCUT2D eigenvalue weighted by molar-refractivity contribution is -0.136. The van der Waals surface area contributed by atoms with Gasteiger partial charge in [0.15, 0.2) is 0 Å². The second-order valence-electron chi connectivity index (χ2n) is 2.70. The molecule has 0 saturated heterocycles. The summed E-state index contributed by atoms with van der Waals surface area (Å²) in [6.07, 6.45) is 0.0422. The maximum absolute atomic E-state index is 10.4. The molecule has 0 aliphatic rings. The van der Waals surface area contributed by atoms with E-state index in [-0.39, 0.29) is 6.42 Å². The van der Waals surface area contributed by atoms with E-state index in [1.807, 2.05) is 25.1 Å². The summed E-state index contributed by atoms with van der Waals surface area (Å²) >= 11 is 4.16. The number of aryl methyl sites for hydroxylation is 1. The Balaban J connectivity index is 2.97. The van der Waals surface area contributed by atoms with Crippen molar-refractivity contribution < 1.29 is 9.90 Å². The quantitative estimate of drug-likeness (QED) is 0.685. The maximum atomic E-state index is 10.4. The van der Waals surface area contributed by atoms with Crippen LogP contribution in [0.25, 0.3) is 0 Å². The normalized spacial score (nSPS) is 9.83. The van der Waals surface area contributed by atoms with Crippen LogP contribution in [0.15, 0.2) is 23.1 Å². The molecule has 0 atom stereocenters. The Morgan fingerprint density at radius 3 is 2.83 bits per heavy atom. The van der Waals surface area contributed by atoms with Crippen LogP contribution in [-0.2, 0) is 11.2 Å². The molecular formula is C9H10O2S. The number of carboxylic acid groups (broad SMARTS) is 1. The van der Waals surface area contributed by atoms with Crippen molar-refractivity contribution in [1.82, 2.24) is 0 Å². The predicted molar refractivity (Wildman–Crippen MR) is 49.8 cm³/mol. The molecule has 1 rings (SSSR count). The molecule has 64 valence electrons. The van der Waals surface area contributed by atoms with E-state index in [1.54, 1.807) is 0 Å². The number of carboxylic acids is 1. The number of aliphatic carboxylic acids is 1. The van der Waals surface area contributed by atoms with Crippen LogP contribution in [0.1, 0.15) is 11.1 Å². The van der Waals surface area contributed by atoms with Gasteiger partial charge < -0.3 is 5.11 Å². The fraction of sp³-hybridized carbons (Fsp3) is 0.222. The first-order valence-electron chi connectivity index (χ1n) is 3.60. The van der Waals surface area contributed by atoms with Crippen LogP contribution in [0, 0.1) is 6.92 Å². The van der Waals surface area contributed by atoms with E-state index in [0.717, 1.165) is 16.0 Å². The average Bonchev–Trinajstić information content (AvgIpc) is 1.96. The zero-order valence-electron chi connectivity index (χ0n) is 6.74. The van der Waals surface area contributed by atoms with E-state index >= 15 is 0 Å². The van der Waals surface area contributed by atoms with Crippen LogP contribution in [0.5, 0.6) is 0 Å². The van der Waals surface area contributed by atoms with Gasteiger partial charge in [0.25, 0.3) is 0 Å². The van der Waals surface area contributed by atoms with Crippen LogP contribution in [-0.4, -0.2) is 11.1 Å². The van der Waals surface area contributed by atoms with Gasteiger partial charge in [0, 0.05) is 4.90 Å². The number of thiol groups is 1. The van der Waals surface area contributed by atoms with E-state index in [9.17, 15) is 4.79 Å². The van der Waals surface area contributed by atoms with Crippen LogP contribution in [0.2, 0.25) is 0 Å². The molecule has 0 spiro atoms. The summed E-state index contributed by atoms with van der Waals surface area (Å²) in [5.74, 6) is -0.823. The highest BCUT2D eigenvalue weighted by molar-refractivity contribution is 7.80. The van der Waals surface area contributed by atoms with Crippen LogP contribution >= 0.6 is 12.6 Å². The highest BCUT2D eigenvalue weighted by Crippen LogP contribution is 2.15. The molecule has 3 heteroatoms. The summed E-state index contributed by atoms with van der Waals surface area (Å²) in [5.41, 5.74) is 1.83. The first kappa shape index (κ1) is 9.13. The Labute approximate surface area is 76.6 Å². The van der Waals surface area contributed by atoms with Gasteiger partial charge in [-0.1, -0.05) is 17.7 Å². The minimum absolute atomic E-state index is 0.0422. The van der Waals surface area contributed by atoms with Crippen molar-refractivity contribution in [3.05, 3.63) is 29.3 Å². The minimum atomic E-state index is -0.823.